The number of phenolic OH excluding ortho intramolecular Hbond substituents is 1. The standard InChI is InChI=1S/C22H21N3O6/c1-30-18-8-7-15(11-19(18)31-2)21(28)23-12-20(27)24-25-22(29)16-9-13-5-3-4-6-14(13)10-17(16)26/h3-11,26H,12H2,1-2H3,(H,23,28)(H,24,27)(H,25,29). The van der Waals surface area contributed by atoms with Crippen molar-refractivity contribution in [1.29, 1.82) is 0 Å². The first-order valence-electron chi connectivity index (χ1n) is 9.24. The van der Waals surface area contributed by atoms with Crippen LogP contribution in [0.5, 0.6) is 17.2 Å². The lowest BCUT2D eigenvalue weighted by molar-refractivity contribution is -0.120. The first kappa shape index (κ1) is 21.4. The molecule has 9 heteroatoms. The third kappa shape index (κ3) is 5.02. The molecule has 3 aromatic carbocycles. The molecule has 4 N–H and O–H groups in total. The highest BCUT2D eigenvalue weighted by Crippen LogP contribution is 2.27. The highest BCUT2D eigenvalue weighted by atomic mass is 16.5. The van der Waals surface area contributed by atoms with Crippen molar-refractivity contribution in [3.05, 3.63) is 65.7 Å². The molecule has 160 valence electrons. The molecule has 0 spiro atoms. The largest absolute Gasteiger partial charge is 0.507 e. The third-order valence-corrected chi connectivity index (χ3v) is 4.48. The van der Waals surface area contributed by atoms with Crippen LogP contribution in [-0.4, -0.2) is 43.6 Å². The first-order valence-corrected chi connectivity index (χ1v) is 9.24. The van der Waals surface area contributed by atoms with Crippen LogP contribution in [0.25, 0.3) is 10.8 Å². The minimum atomic E-state index is -0.692. The Morgan fingerprint density at radius 2 is 1.52 bits per heavy atom. The number of nitrogens with one attached hydrogen (secondary N) is 3. The van der Waals surface area contributed by atoms with E-state index in [1.807, 2.05) is 12.1 Å². The van der Waals surface area contributed by atoms with Crippen LogP contribution in [-0.2, 0) is 4.79 Å². The van der Waals surface area contributed by atoms with Gasteiger partial charge in [-0.3, -0.25) is 25.2 Å². The van der Waals surface area contributed by atoms with Crippen molar-refractivity contribution in [2.45, 2.75) is 0 Å². The van der Waals surface area contributed by atoms with Gasteiger partial charge in [0.05, 0.1) is 26.3 Å². The highest BCUT2D eigenvalue weighted by Gasteiger charge is 2.15. The summed E-state index contributed by atoms with van der Waals surface area (Å²) in [6.45, 7) is -0.378. The number of phenols is 1. The number of methoxy groups -OCH3 is 2. The van der Waals surface area contributed by atoms with Crippen molar-refractivity contribution in [3.63, 3.8) is 0 Å². The van der Waals surface area contributed by atoms with Crippen molar-refractivity contribution in [2.24, 2.45) is 0 Å². The van der Waals surface area contributed by atoms with E-state index in [2.05, 4.69) is 16.2 Å². The van der Waals surface area contributed by atoms with Gasteiger partial charge in [0.1, 0.15) is 5.75 Å². The molecule has 3 rings (SSSR count). The summed E-state index contributed by atoms with van der Waals surface area (Å²) in [5.41, 5.74) is 4.69. The Labute approximate surface area is 177 Å². The van der Waals surface area contributed by atoms with Crippen LogP contribution in [0.3, 0.4) is 0 Å². The molecule has 0 aliphatic rings. The molecule has 0 saturated carbocycles. The van der Waals surface area contributed by atoms with Crippen LogP contribution < -0.4 is 25.6 Å². The Morgan fingerprint density at radius 3 is 2.19 bits per heavy atom. The predicted molar refractivity (Wildman–Crippen MR) is 113 cm³/mol. The number of ether oxygens (including phenoxy) is 2. The Balaban J connectivity index is 1.55. The molecule has 0 aliphatic heterocycles. The second kappa shape index (κ2) is 9.49. The fraction of sp³-hybridized carbons (Fsp3) is 0.136. The molecule has 3 aromatic rings. The molecule has 0 aliphatic carbocycles. The van der Waals surface area contributed by atoms with Crippen LogP contribution in [0, 0.1) is 0 Å². The van der Waals surface area contributed by atoms with Gasteiger partial charge in [-0.1, -0.05) is 24.3 Å². The normalized spacial score (nSPS) is 10.3. The second-order valence-electron chi connectivity index (χ2n) is 6.47. The molecule has 0 aromatic heterocycles. The Kier molecular flexibility index (Phi) is 6.56. The maximum atomic E-state index is 12.3. The molecule has 0 saturated heterocycles. The van der Waals surface area contributed by atoms with E-state index >= 15 is 0 Å². The van der Waals surface area contributed by atoms with Crippen molar-refractivity contribution < 1.29 is 29.0 Å². The molecular formula is C22H21N3O6. The molecule has 0 heterocycles. The molecule has 0 atom stereocenters. The molecule has 0 bridgehead atoms. The van der Waals surface area contributed by atoms with E-state index in [1.54, 1.807) is 18.2 Å². The number of hydrogen-bond acceptors (Lipinski definition) is 6. The van der Waals surface area contributed by atoms with Gasteiger partial charge in [-0.05, 0) is 41.1 Å². The second-order valence-corrected chi connectivity index (χ2v) is 6.47. The number of hydrogen-bond donors (Lipinski definition) is 4. The first-order chi connectivity index (χ1) is 14.9. The Hall–Kier alpha value is -4.27. The summed E-state index contributed by atoms with van der Waals surface area (Å²) in [5, 5.41) is 14.1. The van der Waals surface area contributed by atoms with Gasteiger partial charge in [-0.2, -0.15) is 0 Å². The predicted octanol–water partition coefficient (Wildman–Crippen LogP) is 1.75. The van der Waals surface area contributed by atoms with E-state index in [4.69, 9.17) is 9.47 Å². The Bertz CT molecular complexity index is 1150. The fourth-order valence-electron chi connectivity index (χ4n) is 2.89. The summed E-state index contributed by atoms with van der Waals surface area (Å²) >= 11 is 0. The van der Waals surface area contributed by atoms with Crippen LogP contribution >= 0.6 is 0 Å². The van der Waals surface area contributed by atoms with E-state index in [0.717, 1.165) is 10.8 Å². The summed E-state index contributed by atoms with van der Waals surface area (Å²) in [6, 6.07) is 14.8. The number of amides is 3. The summed E-state index contributed by atoms with van der Waals surface area (Å²) < 4.78 is 10.3. The van der Waals surface area contributed by atoms with Gasteiger partial charge in [0.15, 0.2) is 11.5 Å². The van der Waals surface area contributed by atoms with Crippen molar-refractivity contribution in [2.75, 3.05) is 20.8 Å². The summed E-state index contributed by atoms with van der Waals surface area (Å²) in [7, 11) is 2.93. The summed E-state index contributed by atoms with van der Waals surface area (Å²) in [5.74, 6) is -1.22. The highest BCUT2D eigenvalue weighted by molar-refractivity contribution is 6.02. The van der Waals surface area contributed by atoms with Crippen molar-refractivity contribution in [3.8, 4) is 17.2 Å². The number of rotatable bonds is 6. The van der Waals surface area contributed by atoms with Crippen LogP contribution in [0.15, 0.2) is 54.6 Å². The van der Waals surface area contributed by atoms with Crippen LogP contribution in [0.2, 0.25) is 0 Å². The molecule has 31 heavy (non-hydrogen) atoms. The van der Waals surface area contributed by atoms with Gasteiger partial charge >= 0.3 is 0 Å². The number of hydrazine groups is 1. The zero-order valence-corrected chi connectivity index (χ0v) is 16.9. The average molecular weight is 423 g/mol. The smallest absolute Gasteiger partial charge is 0.273 e. The van der Waals surface area contributed by atoms with Crippen molar-refractivity contribution in [1.82, 2.24) is 16.2 Å². The molecule has 9 nitrogen and oxygen atoms in total. The monoisotopic (exact) mass is 423 g/mol. The van der Waals surface area contributed by atoms with Gasteiger partial charge < -0.3 is 19.9 Å². The quantitative estimate of drug-likeness (QED) is 0.448. The van der Waals surface area contributed by atoms with Crippen molar-refractivity contribution >= 4 is 28.5 Å². The topological polar surface area (TPSA) is 126 Å². The minimum absolute atomic E-state index is 0.00774. The Morgan fingerprint density at radius 1 is 0.839 bits per heavy atom. The zero-order chi connectivity index (χ0) is 22.4. The summed E-state index contributed by atoms with van der Waals surface area (Å²) in [6.07, 6.45) is 0. The SMILES string of the molecule is COc1ccc(C(=O)NCC(=O)NNC(=O)c2cc3ccccc3cc2O)cc1OC. The van der Waals surface area contributed by atoms with Gasteiger partial charge in [0.2, 0.25) is 0 Å². The number of aromatic hydroxyl groups is 1. The van der Waals surface area contributed by atoms with Crippen LogP contribution in [0.4, 0.5) is 0 Å². The lowest BCUT2D eigenvalue weighted by Gasteiger charge is -2.11. The van der Waals surface area contributed by atoms with E-state index in [0.29, 0.717) is 11.5 Å². The van der Waals surface area contributed by atoms with Gasteiger partial charge in [0.25, 0.3) is 17.7 Å². The summed E-state index contributed by atoms with van der Waals surface area (Å²) in [4.78, 5) is 36.5. The van der Waals surface area contributed by atoms with E-state index in [-0.39, 0.29) is 23.4 Å². The van der Waals surface area contributed by atoms with Crippen LogP contribution in [0.1, 0.15) is 20.7 Å². The van der Waals surface area contributed by atoms with E-state index in [1.165, 1.54) is 38.5 Å². The number of carbonyl (C=O) groups is 3. The maximum Gasteiger partial charge on any atom is 0.273 e. The third-order valence-electron chi connectivity index (χ3n) is 4.48. The molecule has 0 radical (unpaired) electrons. The molecule has 3 amide bonds. The number of carbonyl (C=O) groups excluding carboxylic acids is 3. The average Bonchev–Trinajstić information content (AvgIpc) is 2.79. The van der Waals surface area contributed by atoms with Gasteiger partial charge in [0, 0.05) is 5.56 Å². The van der Waals surface area contributed by atoms with Gasteiger partial charge in [-0.25, -0.2) is 0 Å². The lowest BCUT2D eigenvalue weighted by atomic mass is 10.1. The maximum absolute atomic E-state index is 12.3. The van der Waals surface area contributed by atoms with Gasteiger partial charge in [-0.15, -0.1) is 0 Å². The van der Waals surface area contributed by atoms with E-state index < -0.39 is 17.7 Å². The zero-order valence-electron chi connectivity index (χ0n) is 16.9. The molecule has 0 unspecified atom stereocenters. The van der Waals surface area contributed by atoms with E-state index in [9.17, 15) is 19.5 Å². The number of fused-ring (bicyclic) bond motifs is 1. The fourth-order valence-corrected chi connectivity index (χ4v) is 2.89. The molecular weight excluding hydrogens is 402 g/mol. The molecule has 0 fully saturated rings. The number of benzene rings is 3. The minimum Gasteiger partial charge on any atom is -0.507 e. The lowest BCUT2D eigenvalue weighted by Crippen LogP contribution is -2.46.